The monoisotopic (exact) mass is 348 g/mol. The van der Waals surface area contributed by atoms with Crippen molar-refractivity contribution in [2.75, 3.05) is 13.1 Å². The second kappa shape index (κ2) is 8.70. The van der Waals surface area contributed by atoms with Crippen molar-refractivity contribution in [1.82, 2.24) is 5.32 Å². The number of primary amides is 1. The van der Waals surface area contributed by atoms with E-state index >= 15 is 0 Å². The van der Waals surface area contributed by atoms with E-state index in [1.54, 1.807) is 0 Å². The molecule has 2 aliphatic carbocycles. The average molecular weight is 348 g/mol. The summed E-state index contributed by atoms with van der Waals surface area (Å²) in [5, 5.41) is 3.17. The van der Waals surface area contributed by atoms with E-state index in [0.717, 1.165) is 38.6 Å². The van der Waals surface area contributed by atoms with E-state index < -0.39 is 5.91 Å². The van der Waals surface area contributed by atoms with Gasteiger partial charge in [-0.05, 0) is 50.9 Å². The van der Waals surface area contributed by atoms with Gasteiger partial charge in [0.25, 0.3) is 5.91 Å². The summed E-state index contributed by atoms with van der Waals surface area (Å²) in [6.07, 6.45) is 12.0. The van der Waals surface area contributed by atoms with E-state index in [0.29, 0.717) is 35.9 Å². The Balaban J connectivity index is 1.59. The molecule has 0 aromatic rings. The summed E-state index contributed by atoms with van der Waals surface area (Å²) in [5.41, 5.74) is 13.0. The van der Waals surface area contributed by atoms with Gasteiger partial charge in [0.1, 0.15) is 5.84 Å². The first-order valence-corrected chi connectivity index (χ1v) is 9.88. The lowest BCUT2D eigenvalue weighted by Gasteiger charge is -2.33. The highest BCUT2D eigenvalue weighted by Gasteiger charge is 2.29. The van der Waals surface area contributed by atoms with Gasteiger partial charge in [0.15, 0.2) is 0 Å². The Bertz CT molecular complexity index is 530. The van der Waals surface area contributed by atoms with Crippen LogP contribution in [0.1, 0.15) is 64.2 Å². The lowest BCUT2D eigenvalue weighted by molar-refractivity contribution is -0.114. The standard InChI is InChI=1S/C19H32N4O2/c20-17(16(18(21)24)19-22-11-4-12-23-19)13-7-9-15(10-8-13)25-14-5-2-1-3-6-14/h13-15H,1-12,20H2,(H2,21,24)(H,22,23). The lowest BCUT2D eigenvalue weighted by atomic mass is 9.83. The van der Waals surface area contributed by atoms with Gasteiger partial charge in [-0.3, -0.25) is 9.79 Å². The molecule has 0 saturated heterocycles. The van der Waals surface area contributed by atoms with Crippen molar-refractivity contribution in [3.63, 3.8) is 0 Å². The number of hydrogen-bond acceptors (Lipinski definition) is 5. The first-order chi connectivity index (χ1) is 12.1. The van der Waals surface area contributed by atoms with Crippen molar-refractivity contribution in [2.45, 2.75) is 76.4 Å². The van der Waals surface area contributed by atoms with Crippen molar-refractivity contribution in [2.24, 2.45) is 22.4 Å². The number of aliphatic imine (C=N–C) groups is 1. The Labute approximate surface area is 150 Å². The number of ether oxygens (including phenoxy) is 1. The molecule has 2 saturated carbocycles. The molecule has 5 N–H and O–H groups in total. The fraction of sp³-hybridized carbons (Fsp3) is 0.789. The normalized spacial score (nSPS) is 29.4. The lowest BCUT2D eigenvalue weighted by Crippen LogP contribution is -2.39. The van der Waals surface area contributed by atoms with Crippen molar-refractivity contribution in [3.05, 3.63) is 11.3 Å². The molecule has 0 spiro atoms. The second-order valence-electron chi connectivity index (χ2n) is 7.57. The molecule has 6 heteroatoms. The predicted octanol–water partition coefficient (Wildman–Crippen LogP) is 1.98. The minimum Gasteiger partial charge on any atom is -0.401 e. The van der Waals surface area contributed by atoms with Crippen molar-refractivity contribution in [3.8, 4) is 0 Å². The van der Waals surface area contributed by atoms with Gasteiger partial charge in [0.2, 0.25) is 0 Å². The Hall–Kier alpha value is -1.56. The average Bonchev–Trinajstić information content (AvgIpc) is 2.64. The zero-order valence-corrected chi connectivity index (χ0v) is 15.1. The Morgan fingerprint density at radius 2 is 1.64 bits per heavy atom. The van der Waals surface area contributed by atoms with E-state index in [-0.39, 0.29) is 5.92 Å². The number of nitrogens with one attached hydrogen (secondary N) is 1. The Morgan fingerprint density at radius 1 is 0.960 bits per heavy atom. The van der Waals surface area contributed by atoms with E-state index in [2.05, 4.69) is 10.3 Å². The number of amides is 1. The van der Waals surface area contributed by atoms with Crippen LogP contribution in [-0.2, 0) is 9.53 Å². The number of hydrogen-bond donors (Lipinski definition) is 3. The van der Waals surface area contributed by atoms with Crippen LogP contribution in [0.3, 0.4) is 0 Å². The molecule has 6 nitrogen and oxygen atoms in total. The molecule has 3 aliphatic rings. The summed E-state index contributed by atoms with van der Waals surface area (Å²) in [6.45, 7) is 1.53. The number of carbonyl (C=O) groups is 1. The van der Waals surface area contributed by atoms with Crippen LogP contribution in [0.4, 0.5) is 0 Å². The molecule has 0 unspecified atom stereocenters. The zero-order chi connectivity index (χ0) is 17.6. The largest absolute Gasteiger partial charge is 0.401 e. The Morgan fingerprint density at radius 3 is 2.24 bits per heavy atom. The summed E-state index contributed by atoms with van der Waals surface area (Å²) in [5.74, 6) is 0.295. The van der Waals surface area contributed by atoms with Gasteiger partial charge < -0.3 is 21.5 Å². The van der Waals surface area contributed by atoms with E-state index in [9.17, 15) is 4.79 Å². The van der Waals surface area contributed by atoms with Crippen LogP contribution in [0.25, 0.3) is 0 Å². The van der Waals surface area contributed by atoms with Gasteiger partial charge in [-0.15, -0.1) is 0 Å². The fourth-order valence-corrected chi connectivity index (χ4v) is 4.28. The number of nitrogens with two attached hydrogens (primary N) is 2. The summed E-state index contributed by atoms with van der Waals surface area (Å²) in [4.78, 5) is 16.4. The summed E-state index contributed by atoms with van der Waals surface area (Å²) < 4.78 is 6.30. The van der Waals surface area contributed by atoms with Gasteiger partial charge in [-0.1, -0.05) is 19.3 Å². The molecule has 140 valence electrons. The highest BCUT2D eigenvalue weighted by atomic mass is 16.5. The van der Waals surface area contributed by atoms with Gasteiger partial charge >= 0.3 is 0 Å². The summed E-state index contributed by atoms with van der Waals surface area (Å²) in [6, 6.07) is 0. The van der Waals surface area contributed by atoms with Crippen molar-refractivity contribution < 1.29 is 9.53 Å². The van der Waals surface area contributed by atoms with Crippen LogP contribution in [0.15, 0.2) is 16.3 Å². The van der Waals surface area contributed by atoms with Crippen LogP contribution in [0, 0.1) is 5.92 Å². The molecule has 25 heavy (non-hydrogen) atoms. The highest BCUT2D eigenvalue weighted by Crippen LogP contribution is 2.33. The molecule has 0 atom stereocenters. The number of carbonyl (C=O) groups excluding carboxylic acids is 1. The SMILES string of the molecule is NC(=O)C(C1=NCCCN1)=C(N)C1CCC(OC2CCCCC2)CC1. The third-order valence-electron chi connectivity index (χ3n) is 5.72. The maximum absolute atomic E-state index is 11.9. The minimum atomic E-state index is -0.480. The topological polar surface area (TPSA) is 103 Å². The summed E-state index contributed by atoms with van der Waals surface area (Å²) in [7, 11) is 0. The van der Waals surface area contributed by atoms with Crippen LogP contribution in [-0.4, -0.2) is 37.0 Å². The smallest absolute Gasteiger partial charge is 0.254 e. The highest BCUT2D eigenvalue weighted by molar-refractivity contribution is 6.20. The minimum absolute atomic E-state index is 0.195. The van der Waals surface area contributed by atoms with Crippen LogP contribution in [0.5, 0.6) is 0 Å². The fourth-order valence-electron chi connectivity index (χ4n) is 4.28. The van der Waals surface area contributed by atoms with Crippen LogP contribution in [0.2, 0.25) is 0 Å². The molecule has 1 amide bonds. The predicted molar refractivity (Wildman–Crippen MR) is 99.0 cm³/mol. The number of rotatable bonds is 5. The molecule has 3 rings (SSSR count). The maximum atomic E-state index is 11.9. The first kappa shape index (κ1) is 18.2. The van der Waals surface area contributed by atoms with Gasteiger partial charge in [-0.25, -0.2) is 0 Å². The quantitative estimate of drug-likeness (QED) is 0.661. The number of amidine groups is 1. The molecule has 0 aromatic carbocycles. The van der Waals surface area contributed by atoms with Crippen LogP contribution < -0.4 is 16.8 Å². The van der Waals surface area contributed by atoms with E-state index in [4.69, 9.17) is 16.2 Å². The molecule has 0 bridgehead atoms. The first-order valence-electron chi connectivity index (χ1n) is 9.88. The van der Waals surface area contributed by atoms with Crippen LogP contribution >= 0.6 is 0 Å². The summed E-state index contributed by atoms with van der Waals surface area (Å²) >= 11 is 0. The molecule has 0 radical (unpaired) electrons. The van der Waals surface area contributed by atoms with Gasteiger partial charge in [0.05, 0.1) is 17.8 Å². The number of allylic oxidation sites excluding steroid dienone is 1. The molecule has 2 fully saturated rings. The van der Waals surface area contributed by atoms with Gasteiger partial charge in [0, 0.05) is 18.8 Å². The van der Waals surface area contributed by atoms with Crippen molar-refractivity contribution >= 4 is 11.7 Å². The Kier molecular flexibility index (Phi) is 6.34. The van der Waals surface area contributed by atoms with Crippen molar-refractivity contribution in [1.29, 1.82) is 0 Å². The molecule has 1 aliphatic heterocycles. The molecular formula is C19H32N4O2. The van der Waals surface area contributed by atoms with Gasteiger partial charge in [-0.2, -0.15) is 0 Å². The second-order valence-corrected chi connectivity index (χ2v) is 7.57. The maximum Gasteiger partial charge on any atom is 0.254 e. The number of nitrogens with zero attached hydrogens (tertiary/aromatic N) is 1. The molecule has 1 heterocycles. The third-order valence-corrected chi connectivity index (χ3v) is 5.72. The molecular weight excluding hydrogens is 316 g/mol. The van der Waals surface area contributed by atoms with E-state index in [1.165, 1.54) is 32.1 Å². The molecule has 0 aromatic heterocycles. The zero-order valence-electron chi connectivity index (χ0n) is 15.1. The van der Waals surface area contributed by atoms with E-state index in [1.807, 2.05) is 0 Å². The third kappa shape index (κ3) is 4.75.